The molecule has 0 unspecified atom stereocenters. The van der Waals surface area contributed by atoms with Gasteiger partial charge in [-0.1, -0.05) is 25.1 Å². The Morgan fingerprint density at radius 3 is 2.52 bits per heavy atom. The van der Waals surface area contributed by atoms with Gasteiger partial charge in [0.05, 0.1) is 0 Å². The molecule has 4 nitrogen and oxygen atoms in total. The molecule has 1 aromatic heterocycles. The topological polar surface area (TPSA) is 49.8 Å². The molecule has 5 heteroatoms. The first-order valence-corrected chi connectivity index (χ1v) is 7.18. The Kier molecular flexibility index (Phi) is 5.09. The van der Waals surface area contributed by atoms with Gasteiger partial charge >= 0.3 is 0 Å². The van der Waals surface area contributed by atoms with Crippen molar-refractivity contribution in [3.8, 4) is 0 Å². The maximum absolute atomic E-state index is 13.7. The second kappa shape index (κ2) is 7.02. The van der Waals surface area contributed by atoms with E-state index in [1.54, 1.807) is 12.1 Å². The Hall–Kier alpha value is -2.17. The first-order chi connectivity index (χ1) is 10.2. The zero-order valence-corrected chi connectivity index (χ0v) is 12.7. The molecule has 1 heterocycles. The summed E-state index contributed by atoms with van der Waals surface area (Å²) in [5.41, 5.74) is 1.56. The summed E-state index contributed by atoms with van der Waals surface area (Å²) in [6.07, 6.45) is 1.81. The van der Waals surface area contributed by atoms with Crippen molar-refractivity contribution in [2.45, 2.75) is 33.2 Å². The van der Waals surface area contributed by atoms with Crippen LogP contribution in [0.25, 0.3) is 0 Å². The number of nitrogens with zero attached hydrogens (tertiary/aromatic N) is 2. The predicted molar refractivity (Wildman–Crippen MR) is 84.0 cm³/mol. The van der Waals surface area contributed by atoms with E-state index in [1.807, 2.05) is 20.0 Å². The van der Waals surface area contributed by atoms with E-state index in [2.05, 4.69) is 27.5 Å². The Morgan fingerprint density at radius 2 is 1.86 bits per heavy atom. The summed E-state index contributed by atoms with van der Waals surface area (Å²) >= 11 is 0. The van der Waals surface area contributed by atoms with E-state index in [4.69, 9.17) is 0 Å². The second-order valence-corrected chi connectivity index (χ2v) is 4.91. The zero-order chi connectivity index (χ0) is 15.2. The van der Waals surface area contributed by atoms with Gasteiger partial charge in [-0.3, -0.25) is 0 Å². The Balaban J connectivity index is 2.22. The minimum atomic E-state index is -0.209. The van der Waals surface area contributed by atoms with Gasteiger partial charge in [-0.25, -0.2) is 14.4 Å². The molecule has 0 atom stereocenters. The van der Waals surface area contributed by atoms with Crippen LogP contribution in [0, 0.1) is 12.7 Å². The van der Waals surface area contributed by atoms with Crippen molar-refractivity contribution in [3.63, 3.8) is 0 Å². The number of rotatable bonds is 6. The average Bonchev–Trinajstić information content (AvgIpc) is 2.49. The van der Waals surface area contributed by atoms with Crippen LogP contribution < -0.4 is 10.6 Å². The number of anilines is 2. The number of nitrogens with one attached hydrogen (secondary N) is 2. The van der Waals surface area contributed by atoms with Crippen LogP contribution in [0.5, 0.6) is 0 Å². The first kappa shape index (κ1) is 15.2. The molecule has 0 amide bonds. The van der Waals surface area contributed by atoms with E-state index in [-0.39, 0.29) is 5.82 Å². The Bertz CT molecular complexity index is 613. The highest BCUT2D eigenvalue weighted by Crippen LogP contribution is 2.21. The molecule has 0 aliphatic rings. The minimum Gasteiger partial charge on any atom is -0.373 e. The van der Waals surface area contributed by atoms with Crippen LogP contribution in [0.1, 0.15) is 30.3 Å². The van der Waals surface area contributed by atoms with Crippen LogP contribution >= 0.6 is 0 Å². The lowest BCUT2D eigenvalue weighted by Crippen LogP contribution is -2.10. The average molecular weight is 288 g/mol. The lowest BCUT2D eigenvalue weighted by atomic mass is 10.2. The molecule has 112 valence electrons. The number of aromatic nitrogens is 2. The van der Waals surface area contributed by atoms with Crippen LogP contribution in [0.2, 0.25) is 0 Å². The van der Waals surface area contributed by atoms with E-state index >= 15 is 0 Å². The molecule has 0 saturated carbocycles. The summed E-state index contributed by atoms with van der Waals surface area (Å²) in [5, 5.41) is 6.29. The van der Waals surface area contributed by atoms with E-state index in [1.165, 1.54) is 6.07 Å². The van der Waals surface area contributed by atoms with Gasteiger partial charge in [-0.05, 0) is 19.4 Å². The SMILES string of the molecule is CCCc1nc(NC)c(C)c(NCc2ccccc2F)n1. The molecule has 0 bridgehead atoms. The molecule has 2 N–H and O–H groups in total. The maximum Gasteiger partial charge on any atom is 0.135 e. The van der Waals surface area contributed by atoms with Crippen LogP contribution in [-0.2, 0) is 13.0 Å². The fraction of sp³-hybridized carbons (Fsp3) is 0.375. The summed E-state index contributed by atoms with van der Waals surface area (Å²) in [6.45, 7) is 4.44. The molecule has 1 aromatic carbocycles. The fourth-order valence-electron chi connectivity index (χ4n) is 2.13. The van der Waals surface area contributed by atoms with E-state index in [9.17, 15) is 4.39 Å². The molecule has 2 aromatic rings. The lowest BCUT2D eigenvalue weighted by molar-refractivity contribution is 0.613. The third-order valence-corrected chi connectivity index (χ3v) is 3.31. The molecule has 2 rings (SSSR count). The molecule has 0 aliphatic carbocycles. The summed E-state index contributed by atoms with van der Waals surface area (Å²) in [5.74, 6) is 2.15. The first-order valence-electron chi connectivity index (χ1n) is 7.18. The maximum atomic E-state index is 13.7. The summed E-state index contributed by atoms with van der Waals surface area (Å²) < 4.78 is 13.7. The molecule has 0 saturated heterocycles. The summed E-state index contributed by atoms with van der Waals surface area (Å²) in [7, 11) is 1.84. The zero-order valence-electron chi connectivity index (χ0n) is 12.7. The van der Waals surface area contributed by atoms with Crippen molar-refractivity contribution in [1.29, 1.82) is 0 Å². The van der Waals surface area contributed by atoms with Gasteiger partial charge in [-0.15, -0.1) is 0 Å². The minimum absolute atomic E-state index is 0.209. The molecule has 0 aliphatic heterocycles. The molecular weight excluding hydrogens is 267 g/mol. The number of benzene rings is 1. The molecule has 0 radical (unpaired) electrons. The van der Waals surface area contributed by atoms with Crippen molar-refractivity contribution in [2.24, 2.45) is 0 Å². The third-order valence-electron chi connectivity index (χ3n) is 3.31. The van der Waals surface area contributed by atoms with E-state index < -0.39 is 0 Å². The standard InChI is InChI=1S/C16H21FN4/c1-4-7-14-20-15(18-3)11(2)16(21-14)19-10-12-8-5-6-9-13(12)17/h5-6,8-9H,4,7,10H2,1-3H3,(H2,18,19,20,21). The van der Waals surface area contributed by atoms with E-state index in [0.717, 1.165) is 35.9 Å². The highest BCUT2D eigenvalue weighted by molar-refractivity contribution is 5.57. The quantitative estimate of drug-likeness (QED) is 0.853. The highest BCUT2D eigenvalue weighted by atomic mass is 19.1. The number of hydrogen-bond acceptors (Lipinski definition) is 4. The van der Waals surface area contributed by atoms with Crippen LogP contribution in [0.4, 0.5) is 16.0 Å². The number of aryl methyl sites for hydroxylation is 1. The Morgan fingerprint density at radius 1 is 1.14 bits per heavy atom. The summed E-state index contributed by atoms with van der Waals surface area (Å²) in [4.78, 5) is 9.01. The van der Waals surface area contributed by atoms with Gasteiger partial charge < -0.3 is 10.6 Å². The highest BCUT2D eigenvalue weighted by Gasteiger charge is 2.10. The van der Waals surface area contributed by atoms with Gasteiger partial charge in [0.1, 0.15) is 23.3 Å². The summed E-state index contributed by atoms with van der Waals surface area (Å²) in [6, 6.07) is 6.75. The van der Waals surface area contributed by atoms with Gasteiger partial charge in [0.15, 0.2) is 0 Å². The Labute approximate surface area is 124 Å². The van der Waals surface area contributed by atoms with Crippen molar-refractivity contribution in [1.82, 2.24) is 9.97 Å². The second-order valence-electron chi connectivity index (χ2n) is 4.91. The molecule has 0 fully saturated rings. The smallest absolute Gasteiger partial charge is 0.135 e. The van der Waals surface area contributed by atoms with Crippen molar-refractivity contribution >= 4 is 11.6 Å². The van der Waals surface area contributed by atoms with Gasteiger partial charge in [-0.2, -0.15) is 0 Å². The van der Waals surface area contributed by atoms with Crippen LogP contribution in [0.15, 0.2) is 24.3 Å². The third kappa shape index (κ3) is 3.68. The largest absolute Gasteiger partial charge is 0.373 e. The predicted octanol–water partition coefficient (Wildman–Crippen LogP) is 3.53. The van der Waals surface area contributed by atoms with Gasteiger partial charge in [0.2, 0.25) is 0 Å². The molecule has 0 spiro atoms. The van der Waals surface area contributed by atoms with Crippen molar-refractivity contribution < 1.29 is 4.39 Å². The fourth-order valence-corrected chi connectivity index (χ4v) is 2.13. The van der Waals surface area contributed by atoms with Crippen molar-refractivity contribution in [3.05, 3.63) is 47.0 Å². The van der Waals surface area contributed by atoms with Gasteiger partial charge in [0, 0.05) is 31.1 Å². The number of hydrogen-bond donors (Lipinski definition) is 2. The normalized spacial score (nSPS) is 10.5. The van der Waals surface area contributed by atoms with Gasteiger partial charge in [0.25, 0.3) is 0 Å². The number of halogens is 1. The molecular formula is C16H21FN4. The monoisotopic (exact) mass is 288 g/mol. The molecule has 21 heavy (non-hydrogen) atoms. The van der Waals surface area contributed by atoms with Crippen LogP contribution in [0.3, 0.4) is 0 Å². The lowest BCUT2D eigenvalue weighted by Gasteiger charge is -2.14. The van der Waals surface area contributed by atoms with Crippen molar-refractivity contribution in [2.75, 3.05) is 17.7 Å². The van der Waals surface area contributed by atoms with E-state index in [0.29, 0.717) is 12.1 Å². The van der Waals surface area contributed by atoms with Crippen LogP contribution in [-0.4, -0.2) is 17.0 Å².